The van der Waals surface area contributed by atoms with Crippen molar-refractivity contribution in [1.82, 2.24) is 10.2 Å². The Kier molecular flexibility index (Phi) is 12.2. The Balaban J connectivity index is 1.28. The second kappa shape index (κ2) is 16.8. The molecule has 3 N–H and O–H groups in total. The van der Waals surface area contributed by atoms with Crippen LogP contribution in [0.4, 0.5) is 15.5 Å². The predicted octanol–water partition coefficient (Wildman–Crippen LogP) is 8.14. The first-order valence-electron chi connectivity index (χ1n) is 16.9. The van der Waals surface area contributed by atoms with Crippen LogP contribution in [-0.4, -0.2) is 46.1 Å². The molecule has 0 bridgehead atoms. The minimum atomic E-state index is -0.622. The lowest BCUT2D eigenvalue weighted by Crippen LogP contribution is -2.39. The lowest BCUT2D eigenvalue weighted by Gasteiger charge is -2.29. The molecule has 1 unspecified atom stereocenters. The smallest absolute Gasteiger partial charge is 0.410 e. The predicted molar refractivity (Wildman–Crippen MR) is 206 cm³/mol. The molecule has 10 nitrogen and oxygen atoms in total. The molecule has 12 heteroatoms. The average Bonchev–Trinajstić information content (AvgIpc) is 3.46. The fourth-order valence-electron chi connectivity index (χ4n) is 5.46. The van der Waals surface area contributed by atoms with Crippen molar-refractivity contribution in [1.29, 1.82) is 5.26 Å². The first-order valence-corrected chi connectivity index (χ1v) is 18.6. The number of thiophene rings is 1. The summed E-state index contributed by atoms with van der Waals surface area (Å²) < 4.78 is 5.54. The topological polar surface area (TPSA) is 141 Å². The molecular weight excluding hydrogens is 695 g/mol. The lowest BCUT2D eigenvalue weighted by molar-refractivity contribution is -0.116. The molecule has 52 heavy (non-hydrogen) atoms. The zero-order valence-corrected chi connectivity index (χ0v) is 31.4. The van der Waals surface area contributed by atoms with E-state index in [1.807, 2.05) is 71.0 Å². The molecule has 1 aliphatic heterocycles. The van der Waals surface area contributed by atoms with Crippen LogP contribution in [0.5, 0.6) is 0 Å². The number of benzene rings is 3. The van der Waals surface area contributed by atoms with Crippen LogP contribution >= 0.6 is 23.1 Å². The number of aryl methyl sites for hydroxylation is 1. The van der Waals surface area contributed by atoms with Crippen molar-refractivity contribution in [2.75, 3.05) is 17.2 Å². The van der Waals surface area contributed by atoms with Crippen molar-refractivity contribution in [3.05, 3.63) is 117 Å². The summed E-state index contributed by atoms with van der Waals surface area (Å²) in [5.41, 5.74) is 3.36. The standard InChI is InChI=1S/C40H41N5O5S2/c1-6-33(37(48)44-38-31(23-41)30-19-20-45(24-34(30)52-38)39(49)50-40(3,4)5)51-29-18-12-17-28(22-29)42-36(47)32(21-27-16-11-10-13-25(27)2)43-35(46)26-14-8-7-9-15-26/h7-18,21-22,33H,6,19-20,24H2,1-5H3,(H,42,47)(H,43,46)(H,44,48)/b32-21-. The van der Waals surface area contributed by atoms with Gasteiger partial charge in [0.25, 0.3) is 11.8 Å². The number of amides is 4. The summed E-state index contributed by atoms with van der Waals surface area (Å²) in [7, 11) is 0. The molecule has 5 rings (SSSR count). The summed E-state index contributed by atoms with van der Waals surface area (Å²) in [4.78, 5) is 56.2. The zero-order valence-electron chi connectivity index (χ0n) is 29.7. The van der Waals surface area contributed by atoms with Crippen LogP contribution in [-0.2, 0) is 27.3 Å². The lowest BCUT2D eigenvalue weighted by atomic mass is 10.0. The van der Waals surface area contributed by atoms with E-state index >= 15 is 0 Å². The van der Waals surface area contributed by atoms with Crippen molar-refractivity contribution in [2.45, 2.75) is 69.8 Å². The zero-order chi connectivity index (χ0) is 37.4. The van der Waals surface area contributed by atoms with Crippen molar-refractivity contribution in [3.63, 3.8) is 0 Å². The molecule has 1 aromatic heterocycles. The van der Waals surface area contributed by atoms with Crippen LogP contribution in [0, 0.1) is 18.3 Å². The van der Waals surface area contributed by atoms with Gasteiger partial charge in [-0.05, 0) is 93.6 Å². The summed E-state index contributed by atoms with van der Waals surface area (Å²) in [6.45, 7) is 10.0. The molecule has 0 aliphatic carbocycles. The molecule has 3 aromatic carbocycles. The van der Waals surface area contributed by atoms with E-state index in [0.717, 1.165) is 26.5 Å². The normalized spacial score (nSPS) is 13.3. The van der Waals surface area contributed by atoms with Crippen LogP contribution < -0.4 is 16.0 Å². The van der Waals surface area contributed by atoms with Gasteiger partial charge in [-0.2, -0.15) is 5.26 Å². The minimum absolute atomic E-state index is 0.0770. The Morgan fingerprint density at radius 1 is 1.02 bits per heavy atom. The van der Waals surface area contributed by atoms with Crippen LogP contribution in [0.15, 0.2) is 89.5 Å². The molecule has 268 valence electrons. The van der Waals surface area contributed by atoms with E-state index in [4.69, 9.17) is 4.74 Å². The highest BCUT2D eigenvalue weighted by molar-refractivity contribution is 8.00. The summed E-state index contributed by atoms with van der Waals surface area (Å²) in [6.07, 6.45) is 2.23. The van der Waals surface area contributed by atoms with Crippen molar-refractivity contribution >= 4 is 63.7 Å². The van der Waals surface area contributed by atoms with E-state index in [1.54, 1.807) is 53.4 Å². The Hall–Kier alpha value is -5.38. The fourth-order valence-corrected chi connectivity index (χ4v) is 7.69. The quantitative estimate of drug-likeness (QED) is 0.110. The Bertz CT molecular complexity index is 2040. The highest BCUT2D eigenvalue weighted by Gasteiger charge is 2.31. The van der Waals surface area contributed by atoms with Gasteiger partial charge in [0.05, 0.1) is 17.4 Å². The number of nitrogens with zero attached hydrogens (tertiary/aromatic N) is 2. The summed E-state index contributed by atoms with van der Waals surface area (Å²) in [5.74, 6) is -1.17. The third kappa shape index (κ3) is 9.69. The van der Waals surface area contributed by atoms with E-state index in [1.165, 1.54) is 23.1 Å². The van der Waals surface area contributed by atoms with E-state index in [-0.39, 0.29) is 11.6 Å². The average molecular weight is 736 g/mol. The van der Waals surface area contributed by atoms with E-state index in [9.17, 15) is 24.4 Å². The second-order valence-electron chi connectivity index (χ2n) is 13.2. The van der Waals surface area contributed by atoms with E-state index in [0.29, 0.717) is 47.7 Å². The summed E-state index contributed by atoms with van der Waals surface area (Å²) in [5, 5.41) is 18.6. The third-order valence-corrected chi connectivity index (χ3v) is 10.6. The number of ether oxygens (including phenoxy) is 1. The van der Waals surface area contributed by atoms with Gasteiger partial charge in [0, 0.05) is 27.6 Å². The van der Waals surface area contributed by atoms with Gasteiger partial charge in [0.1, 0.15) is 22.4 Å². The van der Waals surface area contributed by atoms with Gasteiger partial charge in [-0.25, -0.2) is 4.79 Å². The van der Waals surface area contributed by atoms with Crippen LogP contribution in [0.3, 0.4) is 0 Å². The number of rotatable bonds is 10. The Labute approximate surface area is 312 Å². The molecule has 0 fully saturated rings. The number of carbonyl (C=O) groups is 4. The Morgan fingerprint density at radius 2 is 1.75 bits per heavy atom. The first-order chi connectivity index (χ1) is 24.8. The van der Waals surface area contributed by atoms with Gasteiger partial charge >= 0.3 is 6.09 Å². The van der Waals surface area contributed by atoms with Crippen LogP contribution in [0.1, 0.15) is 71.6 Å². The molecule has 0 saturated heterocycles. The van der Waals surface area contributed by atoms with Crippen molar-refractivity contribution in [3.8, 4) is 6.07 Å². The van der Waals surface area contributed by atoms with Gasteiger partial charge in [0.15, 0.2) is 0 Å². The minimum Gasteiger partial charge on any atom is -0.444 e. The number of nitrogens with one attached hydrogen (secondary N) is 3. The molecule has 1 aliphatic rings. The molecule has 4 amide bonds. The number of thioether (sulfide) groups is 1. The van der Waals surface area contributed by atoms with Crippen LogP contribution in [0.25, 0.3) is 6.08 Å². The molecular formula is C40H41N5O5S2. The molecule has 2 heterocycles. The maximum Gasteiger partial charge on any atom is 0.410 e. The number of fused-ring (bicyclic) bond motifs is 1. The monoisotopic (exact) mass is 735 g/mol. The number of hydrogen-bond donors (Lipinski definition) is 3. The SMILES string of the molecule is CCC(Sc1cccc(NC(=O)/C(=C/c2ccccc2C)NC(=O)c2ccccc2)c1)C(=O)Nc1sc2c(c1C#N)CCN(C(=O)OC(C)(C)C)C2. The summed E-state index contributed by atoms with van der Waals surface area (Å²) >= 11 is 2.65. The molecule has 0 saturated carbocycles. The van der Waals surface area contributed by atoms with Crippen LogP contribution in [0.2, 0.25) is 0 Å². The van der Waals surface area contributed by atoms with Crippen molar-refractivity contribution < 1.29 is 23.9 Å². The van der Waals surface area contributed by atoms with Crippen molar-refractivity contribution in [2.24, 2.45) is 0 Å². The second-order valence-corrected chi connectivity index (χ2v) is 15.6. The van der Waals surface area contributed by atoms with E-state index < -0.39 is 28.8 Å². The number of nitriles is 1. The van der Waals surface area contributed by atoms with Gasteiger partial charge in [-0.15, -0.1) is 23.1 Å². The third-order valence-electron chi connectivity index (χ3n) is 8.11. The molecule has 0 spiro atoms. The van der Waals surface area contributed by atoms with Gasteiger partial charge in [0.2, 0.25) is 5.91 Å². The molecule has 1 atom stereocenters. The largest absolute Gasteiger partial charge is 0.444 e. The number of hydrogen-bond acceptors (Lipinski definition) is 8. The van der Waals surface area contributed by atoms with E-state index in [2.05, 4.69) is 22.0 Å². The maximum absolute atomic E-state index is 13.6. The maximum atomic E-state index is 13.6. The van der Waals surface area contributed by atoms with Gasteiger partial charge < -0.3 is 25.6 Å². The fraction of sp³-hybridized carbons (Fsp3) is 0.275. The molecule has 0 radical (unpaired) electrons. The summed E-state index contributed by atoms with van der Waals surface area (Å²) in [6, 6.07) is 25.6. The Morgan fingerprint density at radius 3 is 2.44 bits per heavy atom. The number of anilines is 2. The van der Waals surface area contributed by atoms with Gasteiger partial charge in [-0.1, -0.05) is 55.5 Å². The highest BCUT2D eigenvalue weighted by Crippen LogP contribution is 2.38. The number of carbonyl (C=O) groups excluding carboxylic acids is 4. The van der Waals surface area contributed by atoms with Gasteiger partial charge in [-0.3, -0.25) is 14.4 Å². The molecule has 4 aromatic rings. The first kappa shape index (κ1) is 37.9. The highest BCUT2D eigenvalue weighted by atomic mass is 32.2.